The predicted molar refractivity (Wildman–Crippen MR) is 97.2 cm³/mol. The fraction of sp³-hybridized carbons (Fsp3) is 0.316. The summed E-state index contributed by atoms with van der Waals surface area (Å²) < 4.78 is 2.12. The summed E-state index contributed by atoms with van der Waals surface area (Å²) in [6, 6.07) is 12.2. The quantitative estimate of drug-likeness (QED) is 0.771. The Morgan fingerprint density at radius 1 is 1.28 bits per heavy atom. The van der Waals surface area contributed by atoms with Crippen molar-refractivity contribution in [2.45, 2.75) is 39.3 Å². The van der Waals surface area contributed by atoms with Crippen LogP contribution < -0.4 is 0 Å². The number of nitrogens with zero attached hydrogens (tertiary/aromatic N) is 4. The summed E-state index contributed by atoms with van der Waals surface area (Å²) in [5, 5.41) is 11.6. The van der Waals surface area contributed by atoms with E-state index in [4.69, 9.17) is 4.84 Å². The third kappa shape index (κ3) is 3.07. The fourth-order valence-electron chi connectivity index (χ4n) is 3.15. The van der Waals surface area contributed by atoms with Crippen molar-refractivity contribution in [2.75, 3.05) is 0 Å². The number of hydrogen-bond donors (Lipinski definition) is 1. The highest BCUT2D eigenvalue weighted by Crippen LogP contribution is 2.31. The van der Waals surface area contributed by atoms with Gasteiger partial charge < -0.3 is 9.40 Å². The lowest BCUT2D eigenvalue weighted by atomic mass is 10.1. The SMILES string of the molecule is CCC1=NO[C@@H](Cn2cnc(-c3ccccc3)c2-c2cc(C)[nH]n2)C1. The maximum absolute atomic E-state index is 5.58. The number of hydrogen-bond acceptors (Lipinski definition) is 4. The summed E-state index contributed by atoms with van der Waals surface area (Å²) in [6.45, 7) is 4.81. The van der Waals surface area contributed by atoms with E-state index < -0.39 is 0 Å². The molecule has 6 nitrogen and oxygen atoms in total. The van der Waals surface area contributed by atoms with Crippen LogP contribution in [0.1, 0.15) is 25.5 Å². The monoisotopic (exact) mass is 335 g/mol. The molecule has 0 amide bonds. The maximum Gasteiger partial charge on any atom is 0.150 e. The molecule has 0 unspecified atom stereocenters. The van der Waals surface area contributed by atoms with Gasteiger partial charge in [-0.3, -0.25) is 5.10 Å². The van der Waals surface area contributed by atoms with Gasteiger partial charge in [-0.15, -0.1) is 0 Å². The standard InChI is InChI=1S/C19H21N5O/c1-3-15-10-16(25-23-15)11-24-12-20-18(14-7-5-4-6-8-14)19(24)17-9-13(2)21-22-17/h4-9,12,16H,3,10-11H2,1-2H3,(H,21,22)/t16-/m1/s1. The van der Waals surface area contributed by atoms with Crippen LogP contribution in [0.4, 0.5) is 0 Å². The first-order chi connectivity index (χ1) is 12.2. The summed E-state index contributed by atoms with van der Waals surface area (Å²) >= 11 is 0. The minimum Gasteiger partial charge on any atom is -0.390 e. The topological polar surface area (TPSA) is 68.1 Å². The molecule has 0 radical (unpaired) electrons. The molecule has 3 heterocycles. The zero-order valence-corrected chi connectivity index (χ0v) is 14.4. The van der Waals surface area contributed by atoms with Gasteiger partial charge in [-0.2, -0.15) is 5.10 Å². The Balaban J connectivity index is 1.71. The minimum atomic E-state index is 0.0477. The van der Waals surface area contributed by atoms with Crippen molar-refractivity contribution < 1.29 is 4.84 Å². The molecular weight excluding hydrogens is 314 g/mol. The highest BCUT2D eigenvalue weighted by Gasteiger charge is 2.24. The number of aromatic nitrogens is 4. The summed E-state index contributed by atoms with van der Waals surface area (Å²) in [5.74, 6) is 0. The van der Waals surface area contributed by atoms with Crippen molar-refractivity contribution in [2.24, 2.45) is 5.16 Å². The molecular formula is C19H21N5O. The first-order valence-electron chi connectivity index (χ1n) is 8.59. The van der Waals surface area contributed by atoms with Gasteiger partial charge in [0.05, 0.1) is 30.0 Å². The van der Waals surface area contributed by atoms with Crippen LogP contribution in [0, 0.1) is 6.92 Å². The number of oxime groups is 1. The molecule has 0 fully saturated rings. The van der Waals surface area contributed by atoms with Crippen LogP contribution in [-0.4, -0.2) is 31.6 Å². The molecule has 3 aromatic rings. The molecule has 0 aliphatic carbocycles. The molecule has 1 aromatic carbocycles. The van der Waals surface area contributed by atoms with Gasteiger partial charge in [0.25, 0.3) is 0 Å². The van der Waals surface area contributed by atoms with Crippen LogP contribution in [-0.2, 0) is 11.4 Å². The molecule has 128 valence electrons. The molecule has 1 atom stereocenters. The second-order valence-electron chi connectivity index (χ2n) is 6.34. The van der Waals surface area contributed by atoms with Crippen molar-refractivity contribution in [3.8, 4) is 22.6 Å². The molecule has 0 bridgehead atoms. The number of aromatic amines is 1. The van der Waals surface area contributed by atoms with Gasteiger partial charge in [-0.25, -0.2) is 4.98 Å². The minimum absolute atomic E-state index is 0.0477. The third-order valence-electron chi connectivity index (χ3n) is 4.44. The van der Waals surface area contributed by atoms with E-state index in [2.05, 4.69) is 44.0 Å². The number of rotatable bonds is 5. The first kappa shape index (κ1) is 15.6. The van der Waals surface area contributed by atoms with Crippen molar-refractivity contribution in [3.05, 3.63) is 48.4 Å². The Bertz CT molecular complexity index is 894. The zero-order chi connectivity index (χ0) is 17.2. The smallest absolute Gasteiger partial charge is 0.150 e. The summed E-state index contributed by atoms with van der Waals surface area (Å²) in [5.41, 5.74) is 6.05. The average Bonchev–Trinajstić information content (AvgIpc) is 3.36. The zero-order valence-electron chi connectivity index (χ0n) is 14.4. The average molecular weight is 335 g/mol. The lowest BCUT2D eigenvalue weighted by Gasteiger charge is -2.12. The predicted octanol–water partition coefficient (Wildman–Crippen LogP) is 3.80. The van der Waals surface area contributed by atoms with E-state index in [1.54, 1.807) is 0 Å². The molecule has 1 N–H and O–H groups in total. The maximum atomic E-state index is 5.58. The van der Waals surface area contributed by atoms with Crippen LogP contribution in [0.5, 0.6) is 0 Å². The van der Waals surface area contributed by atoms with Gasteiger partial charge >= 0.3 is 0 Å². The normalized spacial score (nSPS) is 16.7. The van der Waals surface area contributed by atoms with E-state index in [9.17, 15) is 0 Å². The summed E-state index contributed by atoms with van der Waals surface area (Å²) in [4.78, 5) is 10.3. The van der Waals surface area contributed by atoms with Gasteiger partial charge in [-0.1, -0.05) is 42.4 Å². The van der Waals surface area contributed by atoms with E-state index in [-0.39, 0.29) is 6.10 Å². The van der Waals surface area contributed by atoms with Crippen LogP contribution in [0.15, 0.2) is 47.9 Å². The van der Waals surface area contributed by atoms with Crippen molar-refractivity contribution >= 4 is 5.71 Å². The van der Waals surface area contributed by atoms with E-state index >= 15 is 0 Å². The number of benzene rings is 1. The molecule has 2 aromatic heterocycles. The first-order valence-corrected chi connectivity index (χ1v) is 8.59. The molecule has 1 aliphatic rings. The number of imidazole rings is 1. The fourth-order valence-corrected chi connectivity index (χ4v) is 3.15. The van der Waals surface area contributed by atoms with Crippen molar-refractivity contribution in [1.29, 1.82) is 0 Å². The van der Waals surface area contributed by atoms with E-state index in [0.717, 1.165) is 46.9 Å². The third-order valence-corrected chi connectivity index (χ3v) is 4.44. The molecule has 0 saturated heterocycles. The largest absolute Gasteiger partial charge is 0.390 e. The number of aryl methyl sites for hydroxylation is 1. The lowest BCUT2D eigenvalue weighted by molar-refractivity contribution is 0.0728. The van der Waals surface area contributed by atoms with Crippen molar-refractivity contribution in [1.82, 2.24) is 19.7 Å². The Kier molecular flexibility index (Phi) is 4.09. The Morgan fingerprint density at radius 3 is 2.80 bits per heavy atom. The molecule has 1 aliphatic heterocycles. The van der Waals surface area contributed by atoms with Gasteiger partial charge in [-0.05, 0) is 19.4 Å². The van der Waals surface area contributed by atoms with E-state index in [1.165, 1.54) is 0 Å². The van der Waals surface area contributed by atoms with Gasteiger partial charge in [0.1, 0.15) is 5.69 Å². The van der Waals surface area contributed by atoms with Crippen molar-refractivity contribution in [3.63, 3.8) is 0 Å². The molecule has 0 saturated carbocycles. The second-order valence-corrected chi connectivity index (χ2v) is 6.34. The summed E-state index contributed by atoms with van der Waals surface area (Å²) in [7, 11) is 0. The Morgan fingerprint density at radius 2 is 2.12 bits per heavy atom. The number of H-pyrrole nitrogens is 1. The highest BCUT2D eigenvalue weighted by molar-refractivity contribution is 5.85. The lowest BCUT2D eigenvalue weighted by Crippen LogP contribution is -2.16. The highest BCUT2D eigenvalue weighted by atomic mass is 16.6. The van der Waals surface area contributed by atoms with Crippen LogP contribution >= 0.6 is 0 Å². The van der Waals surface area contributed by atoms with Gasteiger partial charge in [0.15, 0.2) is 6.10 Å². The van der Waals surface area contributed by atoms with Crippen LogP contribution in [0.2, 0.25) is 0 Å². The molecule has 4 rings (SSSR count). The van der Waals surface area contributed by atoms with Crippen LogP contribution in [0.25, 0.3) is 22.6 Å². The van der Waals surface area contributed by atoms with E-state index in [0.29, 0.717) is 6.54 Å². The molecule has 25 heavy (non-hydrogen) atoms. The van der Waals surface area contributed by atoms with Crippen LogP contribution in [0.3, 0.4) is 0 Å². The Hall–Kier alpha value is -2.89. The number of nitrogens with one attached hydrogen (secondary N) is 1. The molecule has 0 spiro atoms. The second kappa shape index (κ2) is 6.55. The Labute approximate surface area is 146 Å². The summed E-state index contributed by atoms with van der Waals surface area (Å²) in [6.07, 6.45) is 3.72. The molecule has 6 heteroatoms. The van der Waals surface area contributed by atoms with E-state index in [1.807, 2.05) is 37.5 Å². The van der Waals surface area contributed by atoms with Gasteiger partial charge in [0.2, 0.25) is 0 Å². The van der Waals surface area contributed by atoms with Gasteiger partial charge in [0, 0.05) is 17.7 Å².